The molecular formula is C14H13BrClN3O. The first-order valence-electron chi connectivity index (χ1n) is 5.89. The number of urea groups is 1. The Bertz CT molecular complexity index is 616. The summed E-state index contributed by atoms with van der Waals surface area (Å²) in [6.45, 7) is 0.643. The van der Waals surface area contributed by atoms with Gasteiger partial charge in [-0.2, -0.15) is 0 Å². The van der Waals surface area contributed by atoms with Crippen LogP contribution >= 0.6 is 27.5 Å². The van der Waals surface area contributed by atoms with E-state index in [0.29, 0.717) is 17.3 Å². The Hall–Kier alpha value is -1.72. The Labute approximate surface area is 130 Å². The molecule has 0 saturated carbocycles. The zero-order valence-corrected chi connectivity index (χ0v) is 12.8. The first-order chi connectivity index (χ1) is 9.54. The summed E-state index contributed by atoms with van der Waals surface area (Å²) in [6, 6.07) is 12.4. The molecule has 2 aromatic rings. The van der Waals surface area contributed by atoms with E-state index in [1.54, 1.807) is 12.1 Å². The van der Waals surface area contributed by atoms with Gasteiger partial charge in [0.2, 0.25) is 0 Å². The molecule has 6 heteroatoms. The summed E-state index contributed by atoms with van der Waals surface area (Å²) in [5.74, 6) is 0. The van der Waals surface area contributed by atoms with Gasteiger partial charge in [0.15, 0.2) is 0 Å². The van der Waals surface area contributed by atoms with Crippen molar-refractivity contribution in [3.63, 3.8) is 0 Å². The van der Waals surface area contributed by atoms with Crippen molar-refractivity contribution in [3.05, 3.63) is 57.5 Å². The van der Waals surface area contributed by atoms with Crippen LogP contribution in [0.25, 0.3) is 0 Å². The lowest BCUT2D eigenvalue weighted by molar-refractivity contribution is 0.259. The molecule has 2 aromatic carbocycles. The van der Waals surface area contributed by atoms with Gasteiger partial charge in [0.05, 0.1) is 0 Å². The summed E-state index contributed by atoms with van der Waals surface area (Å²) >= 11 is 9.45. The number of primary amides is 1. The second kappa shape index (κ2) is 6.63. The quantitative estimate of drug-likeness (QED) is 0.770. The van der Waals surface area contributed by atoms with Gasteiger partial charge in [-0.1, -0.05) is 27.5 Å². The van der Waals surface area contributed by atoms with Crippen molar-refractivity contribution in [3.8, 4) is 0 Å². The molecule has 0 saturated heterocycles. The predicted molar refractivity (Wildman–Crippen MR) is 86.1 cm³/mol. The number of nitrogens with two attached hydrogens (primary N) is 1. The SMILES string of the molecule is NC(=O)Nc1ccc(NCc2cc(Cl)ccc2Br)cc1. The van der Waals surface area contributed by atoms with Crippen molar-refractivity contribution in [1.82, 2.24) is 0 Å². The maximum atomic E-state index is 10.7. The second-order valence-corrected chi connectivity index (χ2v) is 5.45. The number of carbonyl (C=O) groups is 1. The van der Waals surface area contributed by atoms with E-state index in [1.807, 2.05) is 30.3 Å². The average molecular weight is 355 g/mol. The van der Waals surface area contributed by atoms with E-state index < -0.39 is 6.03 Å². The molecule has 4 nitrogen and oxygen atoms in total. The monoisotopic (exact) mass is 353 g/mol. The Balaban J connectivity index is 2.00. The van der Waals surface area contributed by atoms with Crippen molar-refractivity contribution < 1.29 is 4.79 Å². The molecule has 0 aliphatic rings. The van der Waals surface area contributed by atoms with Crippen molar-refractivity contribution in [2.75, 3.05) is 10.6 Å². The Morgan fingerprint density at radius 2 is 1.80 bits per heavy atom. The number of nitrogens with one attached hydrogen (secondary N) is 2. The minimum atomic E-state index is -0.575. The first-order valence-corrected chi connectivity index (χ1v) is 7.06. The average Bonchev–Trinajstić information content (AvgIpc) is 2.41. The third-order valence-corrected chi connectivity index (χ3v) is 3.65. The summed E-state index contributed by atoms with van der Waals surface area (Å²) in [7, 11) is 0. The smallest absolute Gasteiger partial charge is 0.316 e. The van der Waals surface area contributed by atoms with Gasteiger partial charge in [0, 0.05) is 27.4 Å². The Morgan fingerprint density at radius 1 is 1.15 bits per heavy atom. The molecular weight excluding hydrogens is 342 g/mol. The van der Waals surface area contributed by atoms with E-state index in [9.17, 15) is 4.79 Å². The van der Waals surface area contributed by atoms with Gasteiger partial charge in [-0.25, -0.2) is 4.79 Å². The van der Waals surface area contributed by atoms with Gasteiger partial charge in [-0.3, -0.25) is 0 Å². The van der Waals surface area contributed by atoms with Gasteiger partial charge < -0.3 is 16.4 Å². The number of amides is 2. The van der Waals surface area contributed by atoms with E-state index in [4.69, 9.17) is 17.3 Å². The van der Waals surface area contributed by atoms with Gasteiger partial charge in [0.25, 0.3) is 0 Å². The number of halogens is 2. The lowest BCUT2D eigenvalue weighted by Crippen LogP contribution is -2.19. The lowest BCUT2D eigenvalue weighted by Gasteiger charge is -2.09. The third-order valence-electron chi connectivity index (χ3n) is 2.64. The van der Waals surface area contributed by atoms with E-state index in [2.05, 4.69) is 26.6 Å². The van der Waals surface area contributed by atoms with E-state index in [-0.39, 0.29) is 0 Å². The molecule has 0 unspecified atom stereocenters. The number of carbonyl (C=O) groups excluding carboxylic acids is 1. The summed E-state index contributed by atoms with van der Waals surface area (Å²) in [5, 5.41) is 6.49. The van der Waals surface area contributed by atoms with Crippen LogP contribution in [0.5, 0.6) is 0 Å². The number of anilines is 2. The molecule has 0 atom stereocenters. The van der Waals surface area contributed by atoms with Crippen molar-refractivity contribution in [1.29, 1.82) is 0 Å². The van der Waals surface area contributed by atoms with Crippen molar-refractivity contribution in [2.45, 2.75) is 6.54 Å². The third kappa shape index (κ3) is 4.15. The summed E-state index contributed by atoms with van der Waals surface area (Å²) in [5.41, 5.74) is 7.71. The maximum absolute atomic E-state index is 10.7. The van der Waals surface area contributed by atoms with E-state index >= 15 is 0 Å². The molecule has 0 radical (unpaired) electrons. The zero-order chi connectivity index (χ0) is 14.5. The highest BCUT2D eigenvalue weighted by Gasteiger charge is 2.01. The fourth-order valence-corrected chi connectivity index (χ4v) is 2.27. The molecule has 0 heterocycles. The molecule has 4 N–H and O–H groups in total. The van der Waals surface area contributed by atoms with Crippen molar-refractivity contribution in [2.24, 2.45) is 5.73 Å². The highest BCUT2D eigenvalue weighted by molar-refractivity contribution is 9.10. The molecule has 0 aliphatic carbocycles. The van der Waals surface area contributed by atoms with Crippen LogP contribution < -0.4 is 16.4 Å². The Kier molecular flexibility index (Phi) is 4.87. The van der Waals surface area contributed by atoms with Crippen LogP contribution in [0, 0.1) is 0 Å². The molecule has 0 aromatic heterocycles. The second-order valence-electron chi connectivity index (χ2n) is 4.16. The maximum Gasteiger partial charge on any atom is 0.316 e. The number of hydrogen-bond donors (Lipinski definition) is 3. The van der Waals surface area contributed by atoms with Crippen LogP contribution in [-0.2, 0) is 6.54 Å². The molecule has 0 bridgehead atoms. The zero-order valence-electron chi connectivity index (χ0n) is 10.5. The predicted octanol–water partition coefficient (Wildman–Crippen LogP) is 4.21. The molecule has 0 aliphatic heterocycles. The van der Waals surface area contributed by atoms with Crippen LogP contribution in [-0.4, -0.2) is 6.03 Å². The van der Waals surface area contributed by atoms with Crippen LogP contribution in [0.1, 0.15) is 5.56 Å². The molecule has 104 valence electrons. The van der Waals surface area contributed by atoms with Crippen LogP contribution in [0.4, 0.5) is 16.2 Å². The lowest BCUT2D eigenvalue weighted by atomic mass is 10.2. The standard InChI is InChI=1S/C14H13BrClN3O/c15-13-6-1-10(16)7-9(13)8-18-11-2-4-12(5-3-11)19-14(17)20/h1-7,18H,8H2,(H3,17,19,20). The molecule has 2 rings (SSSR count). The number of rotatable bonds is 4. The summed E-state index contributed by atoms with van der Waals surface area (Å²) in [4.78, 5) is 10.7. The van der Waals surface area contributed by atoms with Gasteiger partial charge in [-0.05, 0) is 48.0 Å². The van der Waals surface area contributed by atoms with Crippen molar-refractivity contribution >= 4 is 44.9 Å². The molecule has 2 amide bonds. The van der Waals surface area contributed by atoms with Crippen LogP contribution in [0.3, 0.4) is 0 Å². The van der Waals surface area contributed by atoms with Crippen LogP contribution in [0.15, 0.2) is 46.9 Å². The first kappa shape index (κ1) is 14.7. The number of benzene rings is 2. The highest BCUT2D eigenvalue weighted by Crippen LogP contribution is 2.22. The highest BCUT2D eigenvalue weighted by atomic mass is 79.9. The largest absolute Gasteiger partial charge is 0.381 e. The topological polar surface area (TPSA) is 67.2 Å². The summed E-state index contributed by atoms with van der Waals surface area (Å²) < 4.78 is 1.00. The van der Waals surface area contributed by atoms with E-state index in [0.717, 1.165) is 15.7 Å². The summed E-state index contributed by atoms with van der Waals surface area (Å²) in [6.07, 6.45) is 0. The minimum Gasteiger partial charge on any atom is -0.381 e. The minimum absolute atomic E-state index is 0.575. The fraction of sp³-hybridized carbons (Fsp3) is 0.0714. The van der Waals surface area contributed by atoms with Crippen LogP contribution in [0.2, 0.25) is 5.02 Å². The van der Waals surface area contributed by atoms with E-state index in [1.165, 1.54) is 0 Å². The van der Waals surface area contributed by atoms with Gasteiger partial charge in [-0.15, -0.1) is 0 Å². The van der Waals surface area contributed by atoms with Gasteiger partial charge in [0.1, 0.15) is 0 Å². The molecule has 20 heavy (non-hydrogen) atoms. The number of hydrogen-bond acceptors (Lipinski definition) is 2. The van der Waals surface area contributed by atoms with Gasteiger partial charge >= 0.3 is 6.03 Å². The molecule has 0 fully saturated rings. The Morgan fingerprint density at radius 3 is 2.45 bits per heavy atom. The molecule has 0 spiro atoms. The normalized spacial score (nSPS) is 10.1. The fourth-order valence-electron chi connectivity index (χ4n) is 1.69.